The van der Waals surface area contributed by atoms with Gasteiger partial charge >= 0.3 is 11.9 Å². The Hall–Kier alpha value is -1.58. The molecule has 0 unspecified atom stereocenters. The highest BCUT2D eigenvalue weighted by Gasteiger charge is 2.04. The van der Waals surface area contributed by atoms with E-state index in [0.29, 0.717) is 6.61 Å². The third-order valence-corrected chi connectivity index (χ3v) is 1.13. The average Bonchev–Trinajstić information content (AvgIpc) is 2.10. The van der Waals surface area contributed by atoms with Crippen LogP contribution >= 0.6 is 0 Å². The molecule has 4 heteroatoms. The molecular weight excluding hydrogens is 172 g/mol. The van der Waals surface area contributed by atoms with E-state index >= 15 is 0 Å². The first kappa shape index (κ1) is 11.4. The van der Waals surface area contributed by atoms with Gasteiger partial charge in [-0.1, -0.05) is 13.5 Å². The average molecular weight is 184 g/mol. The van der Waals surface area contributed by atoms with Crippen molar-refractivity contribution in [3.63, 3.8) is 0 Å². The molecule has 0 fully saturated rings. The van der Waals surface area contributed by atoms with Gasteiger partial charge in [0.2, 0.25) is 0 Å². The number of carboxylic acids is 1. The monoisotopic (exact) mass is 184 g/mol. The number of carbonyl (C=O) groups excluding carboxylic acids is 1. The Bertz CT molecular complexity index is 240. The fraction of sp³-hybridized carbons (Fsp3) is 0.333. The van der Waals surface area contributed by atoms with Gasteiger partial charge in [0, 0.05) is 6.08 Å². The maximum Gasteiger partial charge on any atom is 0.337 e. The zero-order chi connectivity index (χ0) is 10.3. The minimum atomic E-state index is -1.12. The summed E-state index contributed by atoms with van der Waals surface area (Å²) in [4.78, 5) is 21.0. The molecule has 0 aliphatic rings. The van der Waals surface area contributed by atoms with Crippen LogP contribution in [0.25, 0.3) is 0 Å². The summed E-state index contributed by atoms with van der Waals surface area (Å²) in [5, 5.41) is 8.24. The second kappa shape index (κ2) is 5.99. The molecule has 0 aromatic rings. The van der Waals surface area contributed by atoms with Crippen molar-refractivity contribution in [2.24, 2.45) is 0 Å². The standard InChI is InChI=1S/C9H12O4/c1-3-6-13-9(12)7(2)4-5-8(10)11/h4-5H,2-3,6H2,1H3,(H,10,11). The first-order chi connectivity index (χ1) is 6.07. The van der Waals surface area contributed by atoms with Crippen LogP contribution in [0.1, 0.15) is 13.3 Å². The lowest BCUT2D eigenvalue weighted by Crippen LogP contribution is -2.06. The summed E-state index contributed by atoms with van der Waals surface area (Å²) < 4.78 is 4.70. The van der Waals surface area contributed by atoms with E-state index in [4.69, 9.17) is 9.84 Å². The summed E-state index contributed by atoms with van der Waals surface area (Å²) in [6, 6.07) is 0. The lowest BCUT2D eigenvalue weighted by atomic mass is 10.3. The maximum absolute atomic E-state index is 10.9. The van der Waals surface area contributed by atoms with E-state index in [0.717, 1.165) is 18.6 Å². The molecular formula is C9H12O4. The summed E-state index contributed by atoms with van der Waals surface area (Å²) in [5.74, 6) is -1.70. The molecule has 0 aliphatic heterocycles. The molecule has 0 amide bonds. The number of hydrogen-bond acceptors (Lipinski definition) is 3. The first-order valence-electron chi connectivity index (χ1n) is 3.85. The largest absolute Gasteiger partial charge is 0.478 e. The van der Waals surface area contributed by atoms with E-state index in [-0.39, 0.29) is 5.57 Å². The molecule has 0 aromatic heterocycles. The van der Waals surface area contributed by atoms with Crippen LogP contribution in [0.15, 0.2) is 24.3 Å². The lowest BCUT2D eigenvalue weighted by Gasteiger charge is -2.00. The van der Waals surface area contributed by atoms with E-state index in [1.54, 1.807) is 0 Å². The van der Waals surface area contributed by atoms with Crippen LogP contribution in [0, 0.1) is 0 Å². The summed E-state index contributed by atoms with van der Waals surface area (Å²) in [6.45, 7) is 5.54. The van der Waals surface area contributed by atoms with Crippen LogP contribution in [-0.4, -0.2) is 23.7 Å². The summed E-state index contributed by atoms with van der Waals surface area (Å²) in [6.07, 6.45) is 2.68. The van der Waals surface area contributed by atoms with E-state index in [1.807, 2.05) is 6.92 Å². The Morgan fingerprint density at radius 1 is 1.46 bits per heavy atom. The Labute approximate surface area is 76.5 Å². The summed E-state index contributed by atoms with van der Waals surface area (Å²) in [7, 11) is 0. The van der Waals surface area contributed by atoms with Crippen molar-refractivity contribution < 1.29 is 19.4 Å². The van der Waals surface area contributed by atoms with Crippen LogP contribution in [0.5, 0.6) is 0 Å². The third-order valence-electron chi connectivity index (χ3n) is 1.13. The molecule has 4 nitrogen and oxygen atoms in total. The van der Waals surface area contributed by atoms with Crippen molar-refractivity contribution in [1.82, 2.24) is 0 Å². The Morgan fingerprint density at radius 3 is 2.54 bits per heavy atom. The van der Waals surface area contributed by atoms with Crippen LogP contribution < -0.4 is 0 Å². The maximum atomic E-state index is 10.9. The van der Waals surface area contributed by atoms with Crippen molar-refractivity contribution >= 4 is 11.9 Å². The quantitative estimate of drug-likeness (QED) is 0.395. The van der Waals surface area contributed by atoms with Gasteiger partial charge in [-0.3, -0.25) is 0 Å². The van der Waals surface area contributed by atoms with Gasteiger partial charge in [-0.25, -0.2) is 9.59 Å². The van der Waals surface area contributed by atoms with Crippen molar-refractivity contribution in [3.8, 4) is 0 Å². The molecule has 0 atom stereocenters. The van der Waals surface area contributed by atoms with E-state index in [2.05, 4.69) is 6.58 Å². The SMILES string of the molecule is C=C(C=CC(=O)O)C(=O)OCCC. The zero-order valence-corrected chi connectivity index (χ0v) is 7.45. The number of carboxylic acid groups (broad SMARTS) is 1. The normalized spacial score (nSPS) is 9.92. The highest BCUT2D eigenvalue weighted by Crippen LogP contribution is 1.97. The predicted octanol–water partition coefficient (Wildman–Crippen LogP) is 1.14. The fourth-order valence-electron chi connectivity index (χ4n) is 0.527. The minimum Gasteiger partial charge on any atom is -0.478 e. The van der Waals surface area contributed by atoms with Crippen LogP contribution in [-0.2, 0) is 14.3 Å². The van der Waals surface area contributed by atoms with Gasteiger partial charge in [0.05, 0.1) is 12.2 Å². The number of aliphatic carboxylic acids is 1. The molecule has 13 heavy (non-hydrogen) atoms. The fourth-order valence-corrected chi connectivity index (χ4v) is 0.527. The van der Waals surface area contributed by atoms with Gasteiger partial charge in [0.25, 0.3) is 0 Å². The Morgan fingerprint density at radius 2 is 2.08 bits per heavy atom. The molecule has 0 radical (unpaired) electrons. The van der Waals surface area contributed by atoms with Gasteiger partial charge in [-0.15, -0.1) is 0 Å². The zero-order valence-electron chi connectivity index (χ0n) is 7.45. The lowest BCUT2D eigenvalue weighted by molar-refractivity contribution is -0.138. The van der Waals surface area contributed by atoms with Gasteiger partial charge < -0.3 is 9.84 Å². The van der Waals surface area contributed by atoms with Crippen LogP contribution in [0.2, 0.25) is 0 Å². The van der Waals surface area contributed by atoms with Crippen molar-refractivity contribution in [1.29, 1.82) is 0 Å². The van der Waals surface area contributed by atoms with Crippen molar-refractivity contribution in [3.05, 3.63) is 24.3 Å². The Kier molecular flexibility index (Phi) is 5.27. The van der Waals surface area contributed by atoms with Crippen molar-refractivity contribution in [2.75, 3.05) is 6.61 Å². The molecule has 72 valence electrons. The van der Waals surface area contributed by atoms with E-state index in [1.165, 1.54) is 0 Å². The summed E-state index contributed by atoms with van der Waals surface area (Å²) >= 11 is 0. The molecule has 0 saturated heterocycles. The molecule has 1 N–H and O–H groups in total. The summed E-state index contributed by atoms with van der Waals surface area (Å²) in [5.41, 5.74) is 0.0378. The molecule has 0 saturated carbocycles. The van der Waals surface area contributed by atoms with E-state index in [9.17, 15) is 9.59 Å². The molecule has 0 rings (SSSR count). The molecule has 0 aliphatic carbocycles. The van der Waals surface area contributed by atoms with Crippen LogP contribution in [0.3, 0.4) is 0 Å². The second-order valence-corrected chi connectivity index (χ2v) is 2.33. The van der Waals surface area contributed by atoms with Gasteiger partial charge in [0.15, 0.2) is 0 Å². The van der Waals surface area contributed by atoms with Crippen molar-refractivity contribution in [2.45, 2.75) is 13.3 Å². The number of hydrogen-bond donors (Lipinski definition) is 1. The van der Waals surface area contributed by atoms with Gasteiger partial charge in [-0.2, -0.15) is 0 Å². The number of esters is 1. The van der Waals surface area contributed by atoms with E-state index < -0.39 is 11.9 Å². The highest BCUT2D eigenvalue weighted by atomic mass is 16.5. The van der Waals surface area contributed by atoms with Gasteiger partial charge in [0.1, 0.15) is 0 Å². The first-order valence-corrected chi connectivity index (χ1v) is 3.85. The number of ether oxygens (including phenoxy) is 1. The second-order valence-electron chi connectivity index (χ2n) is 2.33. The van der Waals surface area contributed by atoms with Gasteiger partial charge in [-0.05, 0) is 12.5 Å². The number of rotatable bonds is 5. The third kappa shape index (κ3) is 5.66. The molecule has 0 spiro atoms. The van der Waals surface area contributed by atoms with Crippen LogP contribution in [0.4, 0.5) is 0 Å². The predicted molar refractivity (Wildman–Crippen MR) is 47.2 cm³/mol. The Balaban J connectivity index is 3.97. The minimum absolute atomic E-state index is 0.0378. The molecule has 0 bridgehead atoms. The smallest absolute Gasteiger partial charge is 0.337 e. The highest BCUT2D eigenvalue weighted by molar-refractivity contribution is 5.93. The molecule has 0 heterocycles. The number of carbonyl (C=O) groups is 2. The topological polar surface area (TPSA) is 63.6 Å². The molecule has 0 aromatic carbocycles.